The molecule has 0 saturated carbocycles. The Morgan fingerprint density at radius 2 is 2.25 bits per heavy atom. The van der Waals surface area contributed by atoms with E-state index < -0.39 is 10.0 Å². The molecule has 0 bridgehead atoms. The van der Waals surface area contributed by atoms with Crippen molar-refractivity contribution < 1.29 is 8.42 Å². The van der Waals surface area contributed by atoms with E-state index in [9.17, 15) is 8.42 Å². The van der Waals surface area contributed by atoms with Crippen LogP contribution in [-0.2, 0) is 16.6 Å². The van der Waals surface area contributed by atoms with E-state index in [1.165, 1.54) is 0 Å². The summed E-state index contributed by atoms with van der Waals surface area (Å²) in [4.78, 5) is 2.45. The molecule has 2 rings (SSSR count). The van der Waals surface area contributed by atoms with E-state index in [1.54, 1.807) is 22.7 Å². The predicted octanol–water partition coefficient (Wildman–Crippen LogP) is 2.29. The first kappa shape index (κ1) is 16.3. The van der Waals surface area contributed by atoms with E-state index in [1.807, 2.05) is 31.7 Å². The summed E-state index contributed by atoms with van der Waals surface area (Å²) >= 11 is 3.40. The highest BCUT2D eigenvalue weighted by molar-refractivity contribution is 7.99. The standard InChI is InChI=1S/C13H22N2O2S3/c1-4-14-8-12-7-13(10(2)19-12)20(16,17)15(3)11-5-6-18-9-11/h7,11,14H,4-6,8-9H2,1-3H3. The van der Waals surface area contributed by atoms with Crippen LogP contribution in [0.15, 0.2) is 11.0 Å². The van der Waals surface area contributed by atoms with Gasteiger partial charge in [0.25, 0.3) is 0 Å². The maximum atomic E-state index is 12.7. The van der Waals surface area contributed by atoms with Crippen LogP contribution in [0.3, 0.4) is 0 Å². The number of nitrogens with one attached hydrogen (secondary N) is 1. The number of nitrogens with zero attached hydrogens (tertiary/aromatic N) is 1. The van der Waals surface area contributed by atoms with Crippen molar-refractivity contribution in [2.75, 3.05) is 25.1 Å². The number of thioether (sulfide) groups is 1. The van der Waals surface area contributed by atoms with Gasteiger partial charge in [-0.25, -0.2) is 8.42 Å². The summed E-state index contributed by atoms with van der Waals surface area (Å²) in [5, 5.41) is 3.24. The molecule has 1 fully saturated rings. The van der Waals surface area contributed by atoms with Crippen molar-refractivity contribution in [3.63, 3.8) is 0 Å². The second-order valence-electron chi connectivity index (χ2n) is 4.95. The molecular weight excluding hydrogens is 312 g/mol. The first-order valence-electron chi connectivity index (χ1n) is 6.82. The number of sulfonamides is 1. The third kappa shape index (κ3) is 3.39. The van der Waals surface area contributed by atoms with Gasteiger partial charge in [-0.1, -0.05) is 6.92 Å². The molecule has 2 heterocycles. The monoisotopic (exact) mass is 334 g/mol. The van der Waals surface area contributed by atoms with Gasteiger partial charge in [-0.05, 0) is 31.7 Å². The largest absolute Gasteiger partial charge is 0.312 e. The molecule has 0 spiro atoms. The summed E-state index contributed by atoms with van der Waals surface area (Å²) in [7, 11) is -1.64. The van der Waals surface area contributed by atoms with Crippen molar-refractivity contribution in [3.05, 3.63) is 15.8 Å². The number of hydrogen-bond acceptors (Lipinski definition) is 5. The van der Waals surface area contributed by atoms with E-state index in [0.717, 1.165) is 40.8 Å². The molecule has 1 aliphatic heterocycles. The van der Waals surface area contributed by atoms with Gasteiger partial charge in [0.1, 0.15) is 0 Å². The van der Waals surface area contributed by atoms with Gasteiger partial charge in [0, 0.05) is 35.1 Å². The number of aryl methyl sites for hydroxylation is 1. The number of hydrogen-bond donors (Lipinski definition) is 1. The Kier molecular flexibility index (Phi) is 5.53. The first-order valence-corrected chi connectivity index (χ1v) is 10.2. The lowest BCUT2D eigenvalue weighted by Gasteiger charge is -2.22. The first-order chi connectivity index (χ1) is 9.46. The van der Waals surface area contributed by atoms with Gasteiger partial charge >= 0.3 is 0 Å². The van der Waals surface area contributed by atoms with Gasteiger partial charge in [-0.2, -0.15) is 16.1 Å². The van der Waals surface area contributed by atoms with Gasteiger partial charge < -0.3 is 5.32 Å². The van der Waals surface area contributed by atoms with Gasteiger partial charge in [0.2, 0.25) is 10.0 Å². The lowest BCUT2D eigenvalue weighted by atomic mass is 10.3. The topological polar surface area (TPSA) is 49.4 Å². The van der Waals surface area contributed by atoms with Crippen molar-refractivity contribution in [3.8, 4) is 0 Å². The summed E-state index contributed by atoms with van der Waals surface area (Å²) in [6.07, 6.45) is 0.952. The van der Waals surface area contributed by atoms with Crippen LogP contribution >= 0.6 is 23.1 Å². The molecule has 1 aliphatic rings. The lowest BCUT2D eigenvalue weighted by molar-refractivity contribution is 0.394. The second-order valence-corrected chi connectivity index (χ2v) is 9.41. The Morgan fingerprint density at radius 1 is 1.50 bits per heavy atom. The van der Waals surface area contributed by atoms with Crippen LogP contribution in [0.5, 0.6) is 0 Å². The molecule has 7 heteroatoms. The molecule has 1 saturated heterocycles. The smallest absolute Gasteiger partial charge is 0.244 e. The predicted molar refractivity (Wildman–Crippen MR) is 87.1 cm³/mol. The molecule has 1 unspecified atom stereocenters. The Hall–Kier alpha value is -0.0800. The minimum absolute atomic E-state index is 0.140. The second kappa shape index (κ2) is 6.79. The Morgan fingerprint density at radius 3 is 2.85 bits per heavy atom. The van der Waals surface area contributed by atoms with Crippen LogP contribution in [-0.4, -0.2) is 43.9 Å². The Balaban J connectivity index is 2.22. The zero-order valence-electron chi connectivity index (χ0n) is 12.2. The van der Waals surface area contributed by atoms with Crippen LogP contribution in [0, 0.1) is 6.92 Å². The highest BCUT2D eigenvalue weighted by Crippen LogP contribution is 2.31. The van der Waals surface area contributed by atoms with Crippen molar-refractivity contribution >= 4 is 33.1 Å². The van der Waals surface area contributed by atoms with Crippen molar-refractivity contribution in [1.82, 2.24) is 9.62 Å². The van der Waals surface area contributed by atoms with Crippen molar-refractivity contribution in [1.29, 1.82) is 0 Å². The lowest BCUT2D eigenvalue weighted by Crippen LogP contribution is -2.37. The average Bonchev–Trinajstić information content (AvgIpc) is 3.04. The molecule has 0 aromatic carbocycles. The van der Waals surface area contributed by atoms with Gasteiger partial charge in [0.05, 0.1) is 4.90 Å². The molecule has 20 heavy (non-hydrogen) atoms. The maximum absolute atomic E-state index is 12.7. The van der Waals surface area contributed by atoms with E-state index in [-0.39, 0.29) is 6.04 Å². The third-order valence-corrected chi connectivity index (χ3v) is 7.91. The molecule has 0 amide bonds. The SMILES string of the molecule is CCNCc1cc(S(=O)(=O)N(C)C2CCSC2)c(C)s1. The minimum Gasteiger partial charge on any atom is -0.312 e. The number of thiophene rings is 1. The summed E-state index contributed by atoms with van der Waals surface area (Å²) in [5.74, 6) is 1.96. The fraction of sp³-hybridized carbons (Fsp3) is 0.692. The van der Waals surface area contributed by atoms with Crippen molar-refractivity contribution in [2.24, 2.45) is 0 Å². The van der Waals surface area contributed by atoms with Crippen LogP contribution in [0.4, 0.5) is 0 Å². The molecular formula is C13H22N2O2S3. The van der Waals surface area contributed by atoms with Gasteiger partial charge in [-0.15, -0.1) is 11.3 Å². The van der Waals surface area contributed by atoms with E-state index in [4.69, 9.17) is 0 Å². The van der Waals surface area contributed by atoms with E-state index in [2.05, 4.69) is 5.32 Å². The normalized spacial score (nSPS) is 19.9. The fourth-order valence-corrected chi connectivity index (χ4v) is 6.59. The Bertz CT molecular complexity index is 548. The van der Waals surface area contributed by atoms with Crippen LogP contribution in [0.2, 0.25) is 0 Å². The molecule has 0 radical (unpaired) electrons. The summed E-state index contributed by atoms with van der Waals surface area (Å²) in [6.45, 7) is 5.56. The molecule has 1 atom stereocenters. The van der Waals surface area contributed by atoms with Crippen molar-refractivity contribution in [2.45, 2.75) is 37.8 Å². The highest BCUT2D eigenvalue weighted by Gasteiger charge is 2.32. The number of rotatable bonds is 6. The molecule has 1 aromatic rings. The summed E-state index contributed by atoms with van der Waals surface area (Å²) in [5.41, 5.74) is 0. The van der Waals surface area contributed by atoms with E-state index in [0.29, 0.717) is 4.90 Å². The zero-order valence-corrected chi connectivity index (χ0v) is 14.6. The Labute approximate surface area is 130 Å². The molecule has 1 N–H and O–H groups in total. The molecule has 0 aliphatic carbocycles. The maximum Gasteiger partial charge on any atom is 0.244 e. The summed E-state index contributed by atoms with van der Waals surface area (Å²) < 4.78 is 27.0. The van der Waals surface area contributed by atoms with E-state index >= 15 is 0 Å². The van der Waals surface area contributed by atoms with Crippen LogP contribution < -0.4 is 5.32 Å². The summed E-state index contributed by atoms with van der Waals surface area (Å²) in [6, 6.07) is 1.97. The molecule has 4 nitrogen and oxygen atoms in total. The van der Waals surface area contributed by atoms with Crippen LogP contribution in [0.25, 0.3) is 0 Å². The fourth-order valence-electron chi connectivity index (χ4n) is 2.28. The zero-order chi connectivity index (χ0) is 14.8. The van der Waals surface area contributed by atoms with Crippen LogP contribution in [0.1, 0.15) is 23.1 Å². The minimum atomic E-state index is -3.35. The van der Waals surface area contributed by atoms with Gasteiger partial charge in [-0.3, -0.25) is 0 Å². The quantitative estimate of drug-likeness (QED) is 0.867. The third-order valence-electron chi connectivity index (χ3n) is 3.55. The molecule has 1 aromatic heterocycles. The average molecular weight is 335 g/mol. The molecule has 114 valence electrons. The highest BCUT2D eigenvalue weighted by atomic mass is 32.2. The van der Waals surface area contributed by atoms with Gasteiger partial charge in [0.15, 0.2) is 0 Å².